The van der Waals surface area contributed by atoms with E-state index in [0.29, 0.717) is 11.3 Å². The van der Waals surface area contributed by atoms with Crippen molar-refractivity contribution >= 4 is 17.4 Å². The quantitative estimate of drug-likeness (QED) is 0.698. The van der Waals surface area contributed by atoms with Gasteiger partial charge in [-0.2, -0.15) is 0 Å². The van der Waals surface area contributed by atoms with E-state index in [9.17, 15) is 4.39 Å². The van der Waals surface area contributed by atoms with E-state index in [4.69, 9.17) is 5.73 Å². The van der Waals surface area contributed by atoms with Crippen LogP contribution in [0.3, 0.4) is 0 Å². The Kier molecular flexibility index (Phi) is 3.91. The molecule has 1 aliphatic heterocycles. The largest absolute Gasteiger partial charge is 0.396 e. The number of aromatic nitrogens is 3. The van der Waals surface area contributed by atoms with Gasteiger partial charge < -0.3 is 10.3 Å². The molecule has 0 spiro atoms. The van der Waals surface area contributed by atoms with Crippen molar-refractivity contribution in [2.24, 2.45) is 0 Å². The van der Waals surface area contributed by atoms with Crippen molar-refractivity contribution in [2.45, 2.75) is 43.1 Å². The Morgan fingerprint density at radius 3 is 3.05 bits per heavy atom. The molecule has 2 N–H and O–H groups in total. The second-order valence-corrected chi connectivity index (χ2v) is 5.91. The molecule has 0 saturated carbocycles. The van der Waals surface area contributed by atoms with E-state index in [1.807, 2.05) is 0 Å². The number of thioether (sulfide) groups is 1. The number of halogens is 1. The third-order valence-corrected chi connectivity index (χ3v) is 4.56. The third-order valence-electron chi connectivity index (χ3n) is 3.54. The molecular weight excluding hydrogens is 275 g/mol. The van der Waals surface area contributed by atoms with Gasteiger partial charge in [0.15, 0.2) is 5.16 Å². The fourth-order valence-corrected chi connectivity index (χ4v) is 3.38. The predicted molar refractivity (Wildman–Crippen MR) is 78.0 cm³/mol. The molecule has 0 saturated heterocycles. The van der Waals surface area contributed by atoms with Crippen LogP contribution in [0.25, 0.3) is 0 Å². The summed E-state index contributed by atoms with van der Waals surface area (Å²) in [5, 5.41) is 9.35. The minimum atomic E-state index is -0.324. The van der Waals surface area contributed by atoms with Gasteiger partial charge in [0.25, 0.3) is 0 Å². The van der Waals surface area contributed by atoms with Gasteiger partial charge in [-0.3, -0.25) is 0 Å². The van der Waals surface area contributed by atoms with E-state index >= 15 is 0 Å². The molecule has 1 aliphatic rings. The molecule has 0 bridgehead atoms. The molecule has 0 atom stereocenters. The van der Waals surface area contributed by atoms with Gasteiger partial charge in [0.2, 0.25) is 0 Å². The number of hydrogen-bond donors (Lipinski definition) is 1. The molecule has 4 nitrogen and oxygen atoms in total. The Morgan fingerprint density at radius 2 is 2.15 bits per heavy atom. The molecular formula is C14H17FN4S. The van der Waals surface area contributed by atoms with Gasteiger partial charge in [-0.1, -0.05) is 30.3 Å². The molecule has 0 amide bonds. The first-order chi connectivity index (χ1) is 9.75. The van der Waals surface area contributed by atoms with E-state index in [-0.39, 0.29) is 11.5 Å². The van der Waals surface area contributed by atoms with Crippen LogP contribution in [0.2, 0.25) is 0 Å². The first-order valence-corrected chi connectivity index (χ1v) is 7.82. The zero-order valence-corrected chi connectivity index (χ0v) is 12.0. The molecule has 0 radical (unpaired) electrons. The molecule has 3 rings (SSSR count). The summed E-state index contributed by atoms with van der Waals surface area (Å²) >= 11 is 1.52. The van der Waals surface area contributed by atoms with Crippen LogP contribution >= 0.6 is 11.8 Å². The van der Waals surface area contributed by atoms with E-state index in [2.05, 4.69) is 14.8 Å². The summed E-state index contributed by atoms with van der Waals surface area (Å²) in [4.78, 5) is 0. The number of nitrogens with zero attached hydrogens (tertiary/aromatic N) is 3. The summed E-state index contributed by atoms with van der Waals surface area (Å²) in [5.41, 5.74) is 6.39. The summed E-state index contributed by atoms with van der Waals surface area (Å²) in [5.74, 6) is 1.25. The van der Waals surface area contributed by atoms with Crippen molar-refractivity contribution in [3.05, 3.63) is 35.4 Å². The fraction of sp³-hybridized carbons (Fsp3) is 0.429. The van der Waals surface area contributed by atoms with Crippen molar-refractivity contribution in [1.82, 2.24) is 14.8 Å². The Hall–Kier alpha value is -1.56. The maximum Gasteiger partial charge on any atom is 0.191 e. The minimum absolute atomic E-state index is 0.197. The summed E-state index contributed by atoms with van der Waals surface area (Å²) in [6.45, 7) is 0.962. The number of rotatable bonds is 3. The van der Waals surface area contributed by atoms with Gasteiger partial charge >= 0.3 is 0 Å². The second kappa shape index (κ2) is 5.83. The lowest BCUT2D eigenvalue weighted by Crippen LogP contribution is -2.02. The van der Waals surface area contributed by atoms with Crippen molar-refractivity contribution in [3.8, 4) is 0 Å². The first-order valence-electron chi connectivity index (χ1n) is 6.83. The number of hydrogen-bond acceptors (Lipinski definition) is 4. The molecule has 1 aromatic carbocycles. The number of nitrogens with two attached hydrogens (primary N) is 1. The van der Waals surface area contributed by atoms with Crippen LogP contribution < -0.4 is 5.73 Å². The summed E-state index contributed by atoms with van der Waals surface area (Å²) in [6, 6.07) is 5.11. The average molecular weight is 292 g/mol. The SMILES string of the molecule is Nc1cccc(CSc2nnc3n2CCCCC3)c1F. The topological polar surface area (TPSA) is 56.7 Å². The second-order valence-electron chi connectivity index (χ2n) is 4.97. The van der Waals surface area contributed by atoms with Crippen LogP contribution in [0, 0.1) is 5.82 Å². The van der Waals surface area contributed by atoms with E-state index < -0.39 is 0 Å². The van der Waals surface area contributed by atoms with Crippen LogP contribution in [-0.4, -0.2) is 14.8 Å². The predicted octanol–water partition coefficient (Wildman–Crippen LogP) is 3.02. The number of aryl methyl sites for hydroxylation is 1. The Labute approximate surface area is 121 Å². The zero-order chi connectivity index (χ0) is 13.9. The van der Waals surface area contributed by atoms with Gasteiger partial charge in [-0.05, 0) is 18.9 Å². The lowest BCUT2D eigenvalue weighted by Gasteiger charge is -2.07. The fourth-order valence-electron chi connectivity index (χ4n) is 2.42. The molecule has 6 heteroatoms. The highest BCUT2D eigenvalue weighted by atomic mass is 32.2. The van der Waals surface area contributed by atoms with Crippen molar-refractivity contribution in [2.75, 3.05) is 5.73 Å². The average Bonchev–Trinajstić information content (AvgIpc) is 2.68. The van der Waals surface area contributed by atoms with E-state index in [1.165, 1.54) is 24.6 Å². The summed E-state index contributed by atoms with van der Waals surface area (Å²) in [6.07, 6.45) is 4.55. The van der Waals surface area contributed by atoms with Gasteiger partial charge in [-0.25, -0.2) is 4.39 Å². The molecule has 0 fully saturated rings. The van der Waals surface area contributed by atoms with E-state index in [1.54, 1.807) is 18.2 Å². The molecule has 0 unspecified atom stereocenters. The Balaban J connectivity index is 1.76. The Morgan fingerprint density at radius 1 is 1.25 bits per heavy atom. The standard InChI is InChI=1S/C14H17FN4S/c15-13-10(5-4-6-11(13)16)9-20-14-18-17-12-7-2-1-3-8-19(12)14/h4-6H,1-3,7-9,16H2. The maximum absolute atomic E-state index is 13.9. The van der Waals surface area contributed by atoms with Crippen LogP contribution in [0.1, 0.15) is 30.7 Å². The van der Waals surface area contributed by atoms with Crippen LogP contribution in [-0.2, 0) is 18.7 Å². The van der Waals surface area contributed by atoms with Crippen molar-refractivity contribution in [3.63, 3.8) is 0 Å². The van der Waals surface area contributed by atoms with Crippen LogP contribution in [0.15, 0.2) is 23.4 Å². The maximum atomic E-state index is 13.9. The molecule has 1 aromatic heterocycles. The molecule has 106 valence electrons. The molecule has 2 heterocycles. The highest BCUT2D eigenvalue weighted by Gasteiger charge is 2.15. The lowest BCUT2D eigenvalue weighted by atomic mass is 10.2. The Bertz CT molecular complexity index is 611. The van der Waals surface area contributed by atoms with E-state index in [0.717, 1.165) is 30.4 Å². The highest BCUT2D eigenvalue weighted by molar-refractivity contribution is 7.98. The van der Waals surface area contributed by atoms with Crippen LogP contribution in [0.5, 0.6) is 0 Å². The number of nitrogen functional groups attached to an aromatic ring is 1. The van der Waals surface area contributed by atoms with Gasteiger partial charge in [-0.15, -0.1) is 10.2 Å². The smallest absolute Gasteiger partial charge is 0.191 e. The first kappa shape index (κ1) is 13.4. The zero-order valence-electron chi connectivity index (χ0n) is 11.2. The van der Waals surface area contributed by atoms with Crippen LogP contribution in [0.4, 0.5) is 10.1 Å². The lowest BCUT2D eigenvalue weighted by molar-refractivity contribution is 0.590. The third kappa shape index (κ3) is 2.65. The highest BCUT2D eigenvalue weighted by Crippen LogP contribution is 2.27. The molecule has 20 heavy (non-hydrogen) atoms. The monoisotopic (exact) mass is 292 g/mol. The summed E-state index contributed by atoms with van der Waals surface area (Å²) in [7, 11) is 0. The van der Waals surface area contributed by atoms with Gasteiger partial charge in [0, 0.05) is 24.3 Å². The van der Waals surface area contributed by atoms with Crippen molar-refractivity contribution in [1.29, 1.82) is 0 Å². The number of anilines is 1. The van der Waals surface area contributed by atoms with Gasteiger partial charge in [0.05, 0.1) is 5.69 Å². The summed E-state index contributed by atoms with van der Waals surface area (Å²) < 4.78 is 16.0. The molecule has 2 aromatic rings. The number of fused-ring (bicyclic) bond motifs is 1. The van der Waals surface area contributed by atoms with Crippen molar-refractivity contribution < 1.29 is 4.39 Å². The normalized spacial score (nSPS) is 14.8. The molecule has 0 aliphatic carbocycles. The van der Waals surface area contributed by atoms with Gasteiger partial charge in [0.1, 0.15) is 11.6 Å². The minimum Gasteiger partial charge on any atom is -0.396 e. The number of benzene rings is 1.